The van der Waals surface area contributed by atoms with E-state index in [1.54, 1.807) is 21.5 Å². The summed E-state index contributed by atoms with van der Waals surface area (Å²) in [4.78, 5) is 4.05. The Morgan fingerprint density at radius 3 is 2.62 bits per heavy atom. The lowest BCUT2D eigenvalue weighted by Gasteiger charge is -2.16. The molecule has 0 unspecified atom stereocenters. The molecular weight excluding hydrogens is 350 g/mol. The number of hydrogen-bond donors (Lipinski definition) is 0. The first kappa shape index (κ1) is 17.0. The standard InChI is InChI=1S/C18H21N5O2S/c1-14-3-5-15(6-4-14)12-26(24,25)23-9-16-17(10-22-8-7-19-13-22)20-21(2)18(16)11-23/h3-8,13H,9-12H2,1-2H3. The van der Waals surface area contributed by atoms with E-state index in [0.29, 0.717) is 19.6 Å². The van der Waals surface area contributed by atoms with E-state index in [1.807, 2.05) is 49.0 Å². The smallest absolute Gasteiger partial charge is 0.218 e. The topological polar surface area (TPSA) is 73.0 Å². The van der Waals surface area contributed by atoms with Crippen LogP contribution in [0, 0.1) is 6.92 Å². The fourth-order valence-electron chi connectivity index (χ4n) is 3.31. The highest BCUT2D eigenvalue weighted by atomic mass is 32.2. The van der Waals surface area contributed by atoms with Crippen LogP contribution < -0.4 is 0 Å². The molecule has 3 aromatic rings. The molecule has 0 saturated heterocycles. The molecule has 0 aliphatic carbocycles. The first-order chi connectivity index (χ1) is 12.4. The quantitative estimate of drug-likeness (QED) is 0.686. The molecule has 1 aliphatic heterocycles. The van der Waals surface area contributed by atoms with Crippen LogP contribution in [0.15, 0.2) is 43.0 Å². The lowest BCUT2D eigenvalue weighted by Crippen LogP contribution is -2.28. The van der Waals surface area contributed by atoms with Gasteiger partial charge in [0.2, 0.25) is 10.0 Å². The maximum atomic E-state index is 12.9. The number of imidazole rings is 1. The van der Waals surface area contributed by atoms with E-state index >= 15 is 0 Å². The minimum absolute atomic E-state index is 0.0194. The fourth-order valence-corrected chi connectivity index (χ4v) is 4.75. The average molecular weight is 371 g/mol. The van der Waals surface area contributed by atoms with Gasteiger partial charge in [0.1, 0.15) is 0 Å². The molecule has 0 radical (unpaired) electrons. The fraction of sp³-hybridized carbons (Fsp3) is 0.333. The molecule has 2 aromatic heterocycles. The van der Waals surface area contributed by atoms with Gasteiger partial charge >= 0.3 is 0 Å². The van der Waals surface area contributed by atoms with Gasteiger partial charge in [-0.2, -0.15) is 9.40 Å². The third kappa shape index (κ3) is 3.17. The normalized spacial score (nSPS) is 14.7. The van der Waals surface area contributed by atoms with Gasteiger partial charge < -0.3 is 4.57 Å². The molecule has 7 nitrogen and oxygen atoms in total. The van der Waals surface area contributed by atoms with E-state index < -0.39 is 10.0 Å². The molecular formula is C18H21N5O2S. The van der Waals surface area contributed by atoms with E-state index in [-0.39, 0.29) is 5.75 Å². The van der Waals surface area contributed by atoms with Gasteiger partial charge in [-0.3, -0.25) is 4.68 Å². The predicted molar refractivity (Wildman–Crippen MR) is 97.6 cm³/mol. The molecule has 0 bridgehead atoms. The van der Waals surface area contributed by atoms with Crippen molar-refractivity contribution in [2.24, 2.45) is 7.05 Å². The van der Waals surface area contributed by atoms with E-state index in [1.165, 1.54) is 0 Å². The summed E-state index contributed by atoms with van der Waals surface area (Å²) >= 11 is 0. The van der Waals surface area contributed by atoms with Crippen LogP contribution in [-0.4, -0.2) is 32.1 Å². The van der Waals surface area contributed by atoms with Crippen molar-refractivity contribution >= 4 is 10.0 Å². The molecule has 3 heterocycles. The summed E-state index contributed by atoms with van der Waals surface area (Å²) in [5, 5.41) is 4.56. The Kier molecular flexibility index (Phi) is 4.16. The molecule has 8 heteroatoms. The number of fused-ring (bicyclic) bond motifs is 1. The van der Waals surface area contributed by atoms with Crippen molar-refractivity contribution in [3.05, 3.63) is 71.1 Å². The van der Waals surface area contributed by atoms with Crippen molar-refractivity contribution in [2.45, 2.75) is 32.3 Å². The Morgan fingerprint density at radius 1 is 1.15 bits per heavy atom. The Morgan fingerprint density at radius 2 is 1.92 bits per heavy atom. The molecule has 4 rings (SSSR count). The van der Waals surface area contributed by atoms with Crippen LogP contribution in [0.5, 0.6) is 0 Å². The summed E-state index contributed by atoms with van der Waals surface area (Å²) < 4.78 is 31.0. The van der Waals surface area contributed by atoms with Crippen LogP contribution in [0.2, 0.25) is 0 Å². The molecule has 0 fully saturated rings. The zero-order valence-electron chi connectivity index (χ0n) is 14.8. The van der Waals surface area contributed by atoms with Gasteiger partial charge in [-0.25, -0.2) is 13.4 Å². The lowest BCUT2D eigenvalue weighted by molar-refractivity contribution is 0.419. The zero-order chi connectivity index (χ0) is 18.3. The van der Waals surface area contributed by atoms with Crippen LogP contribution in [0.3, 0.4) is 0 Å². The maximum Gasteiger partial charge on any atom is 0.218 e. The second-order valence-corrected chi connectivity index (χ2v) is 8.71. The Bertz CT molecular complexity index is 1020. The van der Waals surface area contributed by atoms with Gasteiger partial charge in [-0.1, -0.05) is 29.8 Å². The van der Waals surface area contributed by atoms with Crippen LogP contribution in [0.4, 0.5) is 0 Å². The minimum Gasteiger partial charge on any atom is -0.331 e. The molecule has 26 heavy (non-hydrogen) atoms. The molecule has 136 valence electrons. The summed E-state index contributed by atoms with van der Waals surface area (Å²) in [5.74, 6) is 0.0194. The highest BCUT2D eigenvalue weighted by Crippen LogP contribution is 2.29. The van der Waals surface area contributed by atoms with Gasteiger partial charge in [-0.15, -0.1) is 0 Å². The van der Waals surface area contributed by atoms with Crippen molar-refractivity contribution in [3.8, 4) is 0 Å². The number of rotatable bonds is 5. The number of benzene rings is 1. The Labute approximate surface area is 152 Å². The Balaban J connectivity index is 1.55. The molecule has 1 aromatic carbocycles. The number of nitrogens with zero attached hydrogens (tertiary/aromatic N) is 5. The highest BCUT2D eigenvalue weighted by molar-refractivity contribution is 7.88. The number of hydrogen-bond acceptors (Lipinski definition) is 4. The third-order valence-corrected chi connectivity index (χ3v) is 6.52. The number of aryl methyl sites for hydroxylation is 2. The zero-order valence-corrected chi connectivity index (χ0v) is 15.6. The summed E-state index contributed by atoms with van der Waals surface area (Å²) in [7, 11) is -1.52. The maximum absolute atomic E-state index is 12.9. The molecule has 0 atom stereocenters. The highest BCUT2D eigenvalue weighted by Gasteiger charge is 2.33. The van der Waals surface area contributed by atoms with Gasteiger partial charge in [0, 0.05) is 31.5 Å². The van der Waals surface area contributed by atoms with Gasteiger partial charge in [-0.05, 0) is 12.5 Å². The second kappa shape index (κ2) is 6.37. The predicted octanol–water partition coefficient (Wildman–Crippen LogP) is 1.82. The monoisotopic (exact) mass is 371 g/mol. The van der Waals surface area contributed by atoms with Gasteiger partial charge in [0.25, 0.3) is 0 Å². The largest absolute Gasteiger partial charge is 0.331 e. The first-order valence-corrected chi connectivity index (χ1v) is 10.1. The van der Waals surface area contributed by atoms with Crippen LogP contribution in [0.25, 0.3) is 0 Å². The minimum atomic E-state index is -3.39. The first-order valence-electron chi connectivity index (χ1n) is 8.45. The molecule has 1 aliphatic rings. The molecule has 0 N–H and O–H groups in total. The second-order valence-electron chi connectivity index (χ2n) is 6.74. The molecule has 0 saturated carbocycles. The van der Waals surface area contributed by atoms with E-state index in [0.717, 1.165) is 28.1 Å². The summed E-state index contributed by atoms with van der Waals surface area (Å²) in [5.41, 5.74) is 4.80. The van der Waals surface area contributed by atoms with Crippen molar-refractivity contribution in [1.82, 2.24) is 23.6 Å². The van der Waals surface area contributed by atoms with Crippen LogP contribution in [0.1, 0.15) is 28.1 Å². The summed E-state index contributed by atoms with van der Waals surface area (Å²) in [6.07, 6.45) is 5.34. The van der Waals surface area contributed by atoms with E-state index in [4.69, 9.17) is 0 Å². The SMILES string of the molecule is Cc1ccc(CS(=O)(=O)N2Cc3c(Cn4ccnc4)nn(C)c3C2)cc1. The average Bonchev–Trinajstić information content (AvgIpc) is 3.30. The van der Waals surface area contributed by atoms with Crippen molar-refractivity contribution in [1.29, 1.82) is 0 Å². The number of aromatic nitrogens is 4. The van der Waals surface area contributed by atoms with Crippen molar-refractivity contribution in [3.63, 3.8) is 0 Å². The van der Waals surface area contributed by atoms with E-state index in [2.05, 4.69) is 10.1 Å². The van der Waals surface area contributed by atoms with Crippen LogP contribution in [-0.2, 0) is 42.5 Å². The van der Waals surface area contributed by atoms with Crippen molar-refractivity contribution < 1.29 is 8.42 Å². The van der Waals surface area contributed by atoms with Gasteiger partial charge in [0.15, 0.2) is 0 Å². The summed E-state index contributed by atoms with van der Waals surface area (Å²) in [6, 6.07) is 7.64. The molecule has 0 spiro atoms. The molecule has 0 amide bonds. The number of sulfonamides is 1. The van der Waals surface area contributed by atoms with Gasteiger partial charge in [0.05, 0.1) is 36.6 Å². The summed E-state index contributed by atoms with van der Waals surface area (Å²) in [6.45, 7) is 3.33. The van der Waals surface area contributed by atoms with Crippen LogP contribution >= 0.6 is 0 Å². The third-order valence-electron chi connectivity index (χ3n) is 4.77. The van der Waals surface area contributed by atoms with Crippen molar-refractivity contribution in [2.75, 3.05) is 0 Å². The lowest BCUT2D eigenvalue weighted by atomic mass is 10.2. The Hall–Kier alpha value is -2.45. The van der Waals surface area contributed by atoms with E-state index in [9.17, 15) is 8.42 Å².